The van der Waals surface area contributed by atoms with Gasteiger partial charge in [0.15, 0.2) is 0 Å². The summed E-state index contributed by atoms with van der Waals surface area (Å²) >= 11 is 0. The van der Waals surface area contributed by atoms with Crippen molar-refractivity contribution >= 4 is 11.5 Å². The predicted octanol–water partition coefficient (Wildman–Crippen LogP) is 4.32. The lowest BCUT2D eigenvalue weighted by molar-refractivity contribution is -0.112. The Hall–Kier alpha value is -2.35. The molecule has 1 amide bonds. The van der Waals surface area contributed by atoms with Crippen LogP contribution in [0.3, 0.4) is 0 Å². The third-order valence-corrected chi connectivity index (χ3v) is 4.57. The fourth-order valence-corrected chi connectivity index (χ4v) is 3.49. The molecule has 0 bridgehead atoms. The number of carbonyl (C=O) groups excluding carboxylic acids is 1. The number of primary amides is 1. The molecule has 22 heavy (non-hydrogen) atoms. The number of hydrogen-bond acceptors (Lipinski definition) is 1. The van der Waals surface area contributed by atoms with Gasteiger partial charge in [-0.05, 0) is 47.1 Å². The molecule has 0 saturated heterocycles. The molecule has 0 unspecified atom stereocenters. The fraction of sp³-hybridized carbons (Fsp3) is 0.250. The highest BCUT2D eigenvalue weighted by Gasteiger charge is 2.24. The van der Waals surface area contributed by atoms with Crippen molar-refractivity contribution in [2.24, 2.45) is 5.73 Å². The molecule has 2 aromatic carbocycles. The first kappa shape index (κ1) is 14.6. The van der Waals surface area contributed by atoms with Crippen LogP contribution in [-0.4, -0.2) is 5.91 Å². The molecule has 2 aromatic rings. The molecule has 0 heterocycles. The van der Waals surface area contributed by atoms with Gasteiger partial charge in [0.2, 0.25) is 5.91 Å². The highest BCUT2D eigenvalue weighted by molar-refractivity contribution is 6.20. The average molecular weight is 291 g/mol. The Morgan fingerprint density at radius 2 is 1.68 bits per heavy atom. The highest BCUT2D eigenvalue weighted by Crippen LogP contribution is 2.40. The lowest BCUT2D eigenvalue weighted by Gasteiger charge is -2.14. The van der Waals surface area contributed by atoms with Crippen LogP contribution in [-0.2, 0) is 11.2 Å². The second-order valence-electron chi connectivity index (χ2n) is 5.72. The van der Waals surface area contributed by atoms with Crippen LogP contribution in [0.25, 0.3) is 16.7 Å². The minimum absolute atomic E-state index is 0.317. The third-order valence-electron chi connectivity index (χ3n) is 4.57. The van der Waals surface area contributed by atoms with Crippen molar-refractivity contribution in [3.63, 3.8) is 0 Å². The smallest absolute Gasteiger partial charge is 0.249 e. The maximum atomic E-state index is 12.1. The third kappa shape index (κ3) is 2.25. The summed E-state index contributed by atoms with van der Waals surface area (Å²) in [5, 5.41) is 0. The van der Waals surface area contributed by atoms with E-state index in [0.717, 1.165) is 36.0 Å². The van der Waals surface area contributed by atoms with Gasteiger partial charge in [0.25, 0.3) is 0 Å². The second kappa shape index (κ2) is 5.80. The standard InChI is InChI=1S/C20H21NO/c1-3-13(4-2)19(20(21)22)17-11-7-10-16-15-9-6-5-8-14(15)12-18(16)17/h5-11H,3-4,12H2,1-2H3,(H2,21,22). The van der Waals surface area contributed by atoms with Gasteiger partial charge in [-0.1, -0.05) is 61.9 Å². The van der Waals surface area contributed by atoms with Crippen LogP contribution in [0.2, 0.25) is 0 Å². The van der Waals surface area contributed by atoms with Crippen molar-refractivity contribution in [2.45, 2.75) is 33.1 Å². The maximum Gasteiger partial charge on any atom is 0.249 e. The van der Waals surface area contributed by atoms with Crippen molar-refractivity contribution in [1.82, 2.24) is 0 Å². The molecule has 0 fully saturated rings. The van der Waals surface area contributed by atoms with Crippen molar-refractivity contribution in [3.05, 3.63) is 64.7 Å². The van der Waals surface area contributed by atoms with Crippen molar-refractivity contribution in [3.8, 4) is 11.1 Å². The van der Waals surface area contributed by atoms with Crippen LogP contribution in [0.4, 0.5) is 0 Å². The van der Waals surface area contributed by atoms with Gasteiger partial charge >= 0.3 is 0 Å². The van der Waals surface area contributed by atoms with E-state index in [0.29, 0.717) is 0 Å². The van der Waals surface area contributed by atoms with Crippen LogP contribution < -0.4 is 5.73 Å². The van der Waals surface area contributed by atoms with E-state index >= 15 is 0 Å². The zero-order valence-corrected chi connectivity index (χ0v) is 13.1. The molecular formula is C20H21NO. The summed E-state index contributed by atoms with van der Waals surface area (Å²) in [6.45, 7) is 4.17. The van der Waals surface area contributed by atoms with Crippen molar-refractivity contribution < 1.29 is 4.79 Å². The topological polar surface area (TPSA) is 43.1 Å². The Bertz CT molecular complexity index is 765. The Balaban J connectivity index is 2.23. The highest BCUT2D eigenvalue weighted by atomic mass is 16.1. The predicted molar refractivity (Wildman–Crippen MR) is 91.4 cm³/mol. The van der Waals surface area contributed by atoms with E-state index in [-0.39, 0.29) is 5.91 Å². The van der Waals surface area contributed by atoms with E-state index < -0.39 is 0 Å². The molecule has 0 radical (unpaired) electrons. The molecule has 2 N–H and O–H groups in total. The van der Waals surface area contributed by atoms with E-state index in [4.69, 9.17) is 5.73 Å². The number of carbonyl (C=O) groups is 1. The van der Waals surface area contributed by atoms with Gasteiger partial charge in [-0.25, -0.2) is 0 Å². The summed E-state index contributed by atoms with van der Waals surface area (Å²) in [6, 6.07) is 14.7. The maximum absolute atomic E-state index is 12.1. The van der Waals surface area contributed by atoms with Gasteiger partial charge < -0.3 is 5.73 Å². The summed E-state index contributed by atoms with van der Waals surface area (Å²) in [5.74, 6) is -0.317. The lowest BCUT2D eigenvalue weighted by Crippen LogP contribution is -2.16. The quantitative estimate of drug-likeness (QED) is 0.715. The molecule has 2 nitrogen and oxygen atoms in total. The lowest BCUT2D eigenvalue weighted by atomic mass is 9.90. The number of rotatable bonds is 4. The number of hydrogen-bond donors (Lipinski definition) is 1. The minimum atomic E-state index is -0.317. The normalized spacial score (nSPS) is 11.7. The molecular weight excluding hydrogens is 270 g/mol. The molecule has 0 spiro atoms. The van der Waals surface area contributed by atoms with E-state index in [1.165, 1.54) is 22.3 Å². The van der Waals surface area contributed by atoms with Crippen LogP contribution in [0.15, 0.2) is 48.0 Å². The van der Waals surface area contributed by atoms with Crippen LogP contribution in [0.1, 0.15) is 43.4 Å². The molecule has 2 heteroatoms. The van der Waals surface area contributed by atoms with Crippen LogP contribution in [0, 0.1) is 0 Å². The Labute approximate surface area is 131 Å². The molecule has 0 aliphatic heterocycles. The average Bonchev–Trinajstić information content (AvgIpc) is 2.91. The van der Waals surface area contributed by atoms with Gasteiger partial charge in [0, 0.05) is 5.57 Å². The van der Waals surface area contributed by atoms with Gasteiger partial charge in [-0.15, -0.1) is 0 Å². The molecule has 0 aromatic heterocycles. The Morgan fingerprint density at radius 3 is 2.36 bits per heavy atom. The van der Waals surface area contributed by atoms with E-state index in [2.05, 4.69) is 44.2 Å². The Kier molecular flexibility index (Phi) is 3.84. The number of allylic oxidation sites excluding steroid dienone is 1. The molecule has 1 aliphatic carbocycles. The second-order valence-corrected chi connectivity index (χ2v) is 5.72. The molecule has 3 rings (SSSR count). The van der Waals surface area contributed by atoms with Gasteiger partial charge in [-0.3, -0.25) is 4.79 Å². The molecule has 1 aliphatic rings. The largest absolute Gasteiger partial charge is 0.366 e. The molecule has 112 valence electrons. The minimum Gasteiger partial charge on any atom is -0.366 e. The summed E-state index contributed by atoms with van der Waals surface area (Å²) in [4.78, 5) is 12.1. The summed E-state index contributed by atoms with van der Waals surface area (Å²) < 4.78 is 0. The number of amides is 1. The number of benzene rings is 2. The number of nitrogens with two attached hydrogens (primary N) is 1. The first-order valence-corrected chi connectivity index (χ1v) is 7.89. The zero-order valence-electron chi connectivity index (χ0n) is 13.1. The first-order valence-electron chi connectivity index (χ1n) is 7.89. The van der Waals surface area contributed by atoms with Gasteiger partial charge in [-0.2, -0.15) is 0 Å². The number of fused-ring (bicyclic) bond motifs is 3. The SMILES string of the molecule is CCC(CC)=C(C(N)=O)c1cccc2c1Cc1ccccc1-2. The Morgan fingerprint density at radius 1 is 1.00 bits per heavy atom. The summed E-state index contributed by atoms with van der Waals surface area (Å²) in [5.41, 5.74) is 13.7. The first-order chi connectivity index (χ1) is 10.7. The molecule has 0 atom stereocenters. The van der Waals surface area contributed by atoms with Gasteiger partial charge in [0.1, 0.15) is 0 Å². The van der Waals surface area contributed by atoms with Crippen molar-refractivity contribution in [2.75, 3.05) is 0 Å². The van der Waals surface area contributed by atoms with E-state index in [1.807, 2.05) is 12.1 Å². The van der Waals surface area contributed by atoms with Gasteiger partial charge in [0.05, 0.1) is 0 Å². The van der Waals surface area contributed by atoms with E-state index in [9.17, 15) is 4.79 Å². The van der Waals surface area contributed by atoms with E-state index in [1.54, 1.807) is 0 Å². The summed E-state index contributed by atoms with van der Waals surface area (Å²) in [6.07, 6.45) is 2.58. The zero-order chi connectivity index (χ0) is 15.7. The monoisotopic (exact) mass is 291 g/mol. The van der Waals surface area contributed by atoms with Crippen molar-refractivity contribution in [1.29, 1.82) is 0 Å². The summed E-state index contributed by atoms with van der Waals surface area (Å²) in [7, 11) is 0. The fourth-order valence-electron chi connectivity index (χ4n) is 3.49. The van der Waals surface area contributed by atoms with Crippen LogP contribution in [0.5, 0.6) is 0 Å². The molecule has 0 saturated carbocycles. The van der Waals surface area contributed by atoms with Crippen LogP contribution >= 0.6 is 0 Å².